The molecule has 0 radical (unpaired) electrons. The second kappa shape index (κ2) is 12.4. The highest BCUT2D eigenvalue weighted by Crippen LogP contribution is 2.44. The van der Waals surface area contributed by atoms with Crippen molar-refractivity contribution in [2.75, 3.05) is 0 Å². The van der Waals surface area contributed by atoms with Gasteiger partial charge in [-0.3, -0.25) is 4.55 Å². The van der Waals surface area contributed by atoms with Gasteiger partial charge in [0, 0.05) is 6.04 Å². The van der Waals surface area contributed by atoms with Crippen LogP contribution in [0.15, 0.2) is 115 Å². The van der Waals surface area contributed by atoms with Crippen molar-refractivity contribution in [3.05, 3.63) is 113 Å². The fourth-order valence-electron chi connectivity index (χ4n) is 5.48. The first kappa shape index (κ1) is 35.5. The first-order chi connectivity index (χ1) is 21.1. The third-order valence-corrected chi connectivity index (χ3v) is 13.2. The number of hydrogen-bond acceptors (Lipinski definition) is 7. The van der Waals surface area contributed by atoms with Gasteiger partial charge in [0.25, 0.3) is 10.1 Å². The summed E-state index contributed by atoms with van der Waals surface area (Å²) in [5.74, 6) is -0.429. The Labute approximate surface area is 273 Å². The molecule has 3 N–H and O–H groups in total. The van der Waals surface area contributed by atoms with Crippen LogP contribution in [0.25, 0.3) is 0 Å². The molecular formula is C35H41NO7S3. The number of hydrogen-bond donors (Lipinski definition) is 2. The molecule has 0 aliphatic carbocycles. The van der Waals surface area contributed by atoms with Crippen LogP contribution in [0.3, 0.4) is 0 Å². The average Bonchev–Trinajstić information content (AvgIpc) is 2.99. The summed E-state index contributed by atoms with van der Waals surface area (Å²) in [5, 5.41) is 0. The molecule has 0 fully saturated rings. The van der Waals surface area contributed by atoms with Gasteiger partial charge in [0.2, 0.25) is 19.7 Å². The van der Waals surface area contributed by atoms with Crippen molar-refractivity contribution in [1.82, 2.24) is 0 Å². The molecule has 8 nitrogen and oxygen atoms in total. The zero-order chi connectivity index (χ0) is 34.5. The van der Waals surface area contributed by atoms with Crippen molar-refractivity contribution in [2.45, 2.75) is 95.7 Å². The molecule has 0 saturated heterocycles. The second-order valence-electron chi connectivity index (χ2n) is 13.3. The Morgan fingerprint density at radius 1 is 0.630 bits per heavy atom. The minimum absolute atomic E-state index is 0.00491. The number of sulfone groups is 2. The zero-order valence-electron chi connectivity index (χ0n) is 27.0. The molecule has 0 saturated carbocycles. The highest BCUT2D eigenvalue weighted by Gasteiger charge is 2.36. The van der Waals surface area contributed by atoms with E-state index in [-0.39, 0.29) is 19.6 Å². The minimum Gasteiger partial charge on any atom is -0.324 e. The van der Waals surface area contributed by atoms with Crippen molar-refractivity contribution in [2.24, 2.45) is 5.73 Å². The van der Waals surface area contributed by atoms with E-state index in [9.17, 15) is 29.8 Å². The summed E-state index contributed by atoms with van der Waals surface area (Å²) >= 11 is 0. The largest absolute Gasteiger partial charge is 0.324 e. The maximum Gasteiger partial charge on any atom is 0.294 e. The van der Waals surface area contributed by atoms with Gasteiger partial charge in [0.1, 0.15) is 0 Å². The van der Waals surface area contributed by atoms with E-state index in [1.807, 2.05) is 53.7 Å². The van der Waals surface area contributed by atoms with E-state index < -0.39 is 57.5 Å². The van der Waals surface area contributed by atoms with Gasteiger partial charge in [0.15, 0.2) is 0 Å². The van der Waals surface area contributed by atoms with Gasteiger partial charge in [-0.05, 0) is 88.4 Å². The van der Waals surface area contributed by atoms with Crippen LogP contribution in [-0.2, 0) is 40.6 Å². The van der Waals surface area contributed by atoms with Crippen LogP contribution in [0.5, 0.6) is 0 Å². The molecule has 2 unspecified atom stereocenters. The van der Waals surface area contributed by atoms with Crippen LogP contribution in [0.1, 0.15) is 82.7 Å². The van der Waals surface area contributed by atoms with Crippen molar-refractivity contribution in [3.8, 4) is 0 Å². The Balaban J connectivity index is 1.93. The number of rotatable bonds is 9. The lowest BCUT2D eigenvalue weighted by Crippen LogP contribution is -2.28. The smallest absolute Gasteiger partial charge is 0.294 e. The SMILES string of the molecule is CC(N)c1ccc(C(C)C(C)(C)c2ccc(C(C)(C)C)c(S(=O)(=O)c3cccc(S(=O)(=O)O)c3)c2)c(S(=O)(=O)c2ccccc2)c1. The third kappa shape index (κ3) is 6.84. The van der Waals surface area contributed by atoms with E-state index in [0.29, 0.717) is 22.3 Å². The maximum absolute atomic E-state index is 14.2. The molecule has 0 amide bonds. The summed E-state index contributed by atoms with van der Waals surface area (Å²) in [6.07, 6.45) is 0. The lowest BCUT2D eigenvalue weighted by atomic mass is 9.70. The van der Waals surface area contributed by atoms with Crippen molar-refractivity contribution in [1.29, 1.82) is 0 Å². The first-order valence-electron chi connectivity index (χ1n) is 14.8. The number of nitrogens with two attached hydrogens (primary N) is 1. The second-order valence-corrected chi connectivity index (χ2v) is 18.5. The van der Waals surface area contributed by atoms with Gasteiger partial charge in [0.05, 0.1) is 24.5 Å². The highest BCUT2D eigenvalue weighted by atomic mass is 32.2. The van der Waals surface area contributed by atoms with E-state index in [2.05, 4.69) is 0 Å². The Morgan fingerprint density at radius 2 is 1.20 bits per heavy atom. The number of benzene rings is 4. The van der Waals surface area contributed by atoms with Crippen molar-refractivity contribution in [3.63, 3.8) is 0 Å². The quantitative estimate of drug-likeness (QED) is 0.179. The predicted octanol–water partition coefficient (Wildman–Crippen LogP) is 7.00. The molecule has 46 heavy (non-hydrogen) atoms. The molecule has 0 bridgehead atoms. The van der Waals surface area contributed by atoms with E-state index in [1.54, 1.807) is 61.5 Å². The molecule has 0 aromatic heterocycles. The molecule has 2 atom stereocenters. The third-order valence-electron chi connectivity index (χ3n) is 8.69. The van der Waals surface area contributed by atoms with Gasteiger partial charge in [-0.1, -0.05) is 90.1 Å². The van der Waals surface area contributed by atoms with E-state index in [0.717, 1.165) is 12.1 Å². The monoisotopic (exact) mass is 683 g/mol. The van der Waals surface area contributed by atoms with Gasteiger partial charge in [-0.2, -0.15) is 8.42 Å². The summed E-state index contributed by atoms with van der Waals surface area (Å²) in [7, 11) is -12.9. The van der Waals surface area contributed by atoms with Crippen LogP contribution in [0.4, 0.5) is 0 Å². The summed E-state index contributed by atoms with van der Waals surface area (Å²) < 4.78 is 89.6. The van der Waals surface area contributed by atoms with E-state index >= 15 is 0 Å². The Hall–Kier alpha value is -3.35. The fourth-order valence-corrected chi connectivity index (χ4v) is 9.44. The molecule has 246 valence electrons. The molecule has 0 aliphatic heterocycles. The predicted molar refractivity (Wildman–Crippen MR) is 179 cm³/mol. The van der Waals surface area contributed by atoms with Crippen LogP contribution >= 0.6 is 0 Å². The standard InChI is InChI=1S/C35H41NO7S3/c1-23(30-18-16-25(24(2)36)20-32(30)44(37,38)27-12-9-8-10-13-27)35(6,7)26-17-19-31(34(3,4)5)33(21-26)45(39,40)28-14-11-15-29(22-28)46(41,42)43/h8-24H,36H2,1-7H3,(H,41,42,43). The lowest BCUT2D eigenvalue weighted by Gasteiger charge is -2.35. The molecule has 0 aliphatic rings. The molecular weight excluding hydrogens is 643 g/mol. The van der Waals surface area contributed by atoms with Crippen LogP contribution < -0.4 is 5.73 Å². The normalized spacial score (nSPS) is 14.5. The fraction of sp³-hybridized carbons (Fsp3) is 0.314. The Morgan fingerprint density at radius 3 is 1.76 bits per heavy atom. The van der Waals surface area contributed by atoms with Crippen molar-refractivity contribution >= 4 is 29.8 Å². The Bertz CT molecular complexity index is 2100. The summed E-state index contributed by atoms with van der Waals surface area (Å²) in [6.45, 7) is 13.2. The molecule has 0 heterocycles. The lowest BCUT2D eigenvalue weighted by molar-refractivity contribution is 0.429. The van der Waals surface area contributed by atoms with Gasteiger partial charge in [-0.15, -0.1) is 0 Å². The van der Waals surface area contributed by atoms with Crippen molar-refractivity contribution < 1.29 is 29.8 Å². The molecule has 4 rings (SSSR count). The van der Waals surface area contributed by atoms with Gasteiger partial charge < -0.3 is 5.73 Å². The van der Waals surface area contributed by atoms with Crippen LogP contribution in [0.2, 0.25) is 0 Å². The highest BCUT2D eigenvalue weighted by molar-refractivity contribution is 7.92. The van der Waals surface area contributed by atoms with Gasteiger partial charge >= 0.3 is 0 Å². The first-order valence-corrected chi connectivity index (χ1v) is 19.2. The molecule has 4 aromatic rings. The maximum atomic E-state index is 14.2. The zero-order valence-corrected chi connectivity index (χ0v) is 29.5. The summed E-state index contributed by atoms with van der Waals surface area (Å²) in [4.78, 5) is -0.527. The minimum atomic E-state index is -4.65. The van der Waals surface area contributed by atoms with Crippen LogP contribution in [0, 0.1) is 0 Å². The van der Waals surface area contributed by atoms with Crippen LogP contribution in [-0.4, -0.2) is 29.8 Å². The molecule has 0 spiro atoms. The topological polar surface area (TPSA) is 149 Å². The molecule has 11 heteroatoms. The summed E-state index contributed by atoms with van der Waals surface area (Å²) in [5.41, 5.74) is 7.13. The van der Waals surface area contributed by atoms with E-state index in [1.165, 1.54) is 12.1 Å². The summed E-state index contributed by atoms with van der Waals surface area (Å²) in [6, 6.07) is 22.8. The molecule has 4 aromatic carbocycles. The average molecular weight is 684 g/mol. The Kier molecular flexibility index (Phi) is 9.53. The van der Waals surface area contributed by atoms with E-state index in [4.69, 9.17) is 5.73 Å². The van der Waals surface area contributed by atoms with Gasteiger partial charge in [-0.25, -0.2) is 16.8 Å².